The molecule has 25 heavy (non-hydrogen) atoms. The highest BCUT2D eigenvalue weighted by molar-refractivity contribution is 8.18. The largest absolute Gasteiger partial charge is 0.354 e. The third-order valence-electron chi connectivity index (χ3n) is 3.85. The van der Waals surface area contributed by atoms with Gasteiger partial charge in [0.1, 0.15) is 5.82 Å². The lowest BCUT2D eigenvalue weighted by Crippen LogP contribution is -2.38. The number of benzene rings is 1. The van der Waals surface area contributed by atoms with Crippen LogP contribution < -0.4 is 5.32 Å². The van der Waals surface area contributed by atoms with Gasteiger partial charge in [-0.2, -0.15) is 0 Å². The van der Waals surface area contributed by atoms with Crippen LogP contribution in [-0.2, 0) is 9.59 Å². The molecule has 1 aromatic rings. The van der Waals surface area contributed by atoms with Crippen molar-refractivity contribution in [2.75, 3.05) is 13.1 Å². The lowest BCUT2D eigenvalue weighted by atomic mass is 10.1. The van der Waals surface area contributed by atoms with Gasteiger partial charge in [-0.25, -0.2) is 4.39 Å². The summed E-state index contributed by atoms with van der Waals surface area (Å²) < 4.78 is 12.9. The van der Waals surface area contributed by atoms with Crippen molar-refractivity contribution in [2.45, 2.75) is 26.7 Å². The minimum Gasteiger partial charge on any atom is -0.354 e. The molecule has 2 rings (SSSR count). The number of thioether (sulfide) groups is 1. The summed E-state index contributed by atoms with van der Waals surface area (Å²) in [6.45, 7) is 4.23. The second kappa shape index (κ2) is 8.80. The first-order valence-corrected chi connectivity index (χ1v) is 9.02. The Kier molecular flexibility index (Phi) is 6.75. The van der Waals surface area contributed by atoms with E-state index < -0.39 is 5.91 Å². The first kappa shape index (κ1) is 19.2. The van der Waals surface area contributed by atoms with E-state index in [4.69, 9.17) is 0 Å². The highest BCUT2D eigenvalue weighted by Gasteiger charge is 2.34. The summed E-state index contributed by atoms with van der Waals surface area (Å²) in [6.07, 6.45) is 3.28. The van der Waals surface area contributed by atoms with Crippen LogP contribution >= 0.6 is 11.8 Å². The van der Waals surface area contributed by atoms with Gasteiger partial charge in [0, 0.05) is 19.0 Å². The van der Waals surface area contributed by atoms with E-state index in [2.05, 4.69) is 5.32 Å². The molecule has 0 aromatic heterocycles. The third kappa shape index (κ3) is 5.16. The molecule has 0 spiro atoms. The maximum absolute atomic E-state index is 12.9. The van der Waals surface area contributed by atoms with E-state index in [0.717, 1.165) is 29.5 Å². The van der Waals surface area contributed by atoms with Crippen LogP contribution in [0.4, 0.5) is 9.18 Å². The second-order valence-electron chi connectivity index (χ2n) is 5.87. The summed E-state index contributed by atoms with van der Waals surface area (Å²) >= 11 is 0.846. The van der Waals surface area contributed by atoms with E-state index in [-0.39, 0.29) is 36.0 Å². The van der Waals surface area contributed by atoms with Crippen LogP contribution in [-0.4, -0.2) is 35.0 Å². The Hall–Kier alpha value is -2.15. The number of rotatable bonds is 7. The monoisotopic (exact) mass is 364 g/mol. The number of hydrogen-bond acceptors (Lipinski definition) is 4. The lowest BCUT2D eigenvalue weighted by molar-refractivity contribution is -0.126. The minimum absolute atomic E-state index is 0.0734. The quantitative estimate of drug-likeness (QED) is 0.753. The fourth-order valence-electron chi connectivity index (χ4n) is 2.43. The van der Waals surface area contributed by atoms with E-state index in [9.17, 15) is 18.8 Å². The third-order valence-corrected chi connectivity index (χ3v) is 4.75. The van der Waals surface area contributed by atoms with Crippen LogP contribution in [0.15, 0.2) is 29.2 Å². The van der Waals surface area contributed by atoms with E-state index >= 15 is 0 Å². The second-order valence-corrected chi connectivity index (χ2v) is 6.86. The van der Waals surface area contributed by atoms with Gasteiger partial charge in [-0.15, -0.1) is 0 Å². The predicted octanol–water partition coefficient (Wildman–Crippen LogP) is 3.41. The van der Waals surface area contributed by atoms with Gasteiger partial charge in [-0.1, -0.05) is 32.4 Å². The van der Waals surface area contributed by atoms with Crippen molar-refractivity contribution in [2.24, 2.45) is 5.92 Å². The lowest BCUT2D eigenvalue weighted by Gasteiger charge is -2.15. The molecule has 0 aliphatic carbocycles. The van der Waals surface area contributed by atoms with E-state index in [1.807, 2.05) is 13.8 Å². The Morgan fingerprint density at radius 3 is 2.64 bits per heavy atom. The van der Waals surface area contributed by atoms with Gasteiger partial charge in [0.2, 0.25) is 5.91 Å². The molecule has 1 N–H and O–H groups in total. The Morgan fingerprint density at radius 1 is 1.32 bits per heavy atom. The topological polar surface area (TPSA) is 66.5 Å². The Labute approximate surface area is 150 Å². The van der Waals surface area contributed by atoms with E-state index in [1.165, 1.54) is 12.1 Å². The number of carbonyl (C=O) groups is 3. The number of imide groups is 1. The molecule has 1 unspecified atom stereocenters. The number of nitrogens with one attached hydrogen (secondary N) is 1. The Morgan fingerprint density at radius 2 is 2.00 bits per heavy atom. The number of hydrogen-bond donors (Lipinski definition) is 1. The van der Waals surface area contributed by atoms with Crippen LogP contribution in [0.1, 0.15) is 32.3 Å². The highest BCUT2D eigenvalue weighted by Crippen LogP contribution is 2.31. The summed E-state index contributed by atoms with van der Waals surface area (Å²) in [5, 5.41) is 2.38. The zero-order valence-electron chi connectivity index (χ0n) is 14.3. The van der Waals surface area contributed by atoms with Crippen molar-refractivity contribution in [3.63, 3.8) is 0 Å². The maximum Gasteiger partial charge on any atom is 0.293 e. The standard InChI is InChI=1S/C18H21FN2O3S/c1-3-4-12(2)16(22)20-9-10-21-17(23)15(25-18(21)24)11-13-5-7-14(19)8-6-13/h5-8,11-12H,3-4,9-10H2,1-2H3,(H,20,22)/b15-11-. The highest BCUT2D eigenvalue weighted by atomic mass is 32.2. The molecule has 1 aromatic carbocycles. The first-order chi connectivity index (χ1) is 11.9. The molecule has 1 aliphatic heterocycles. The molecule has 1 aliphatic rings. The molecule has 1 atom stereocenters. The van der Waals surface area contributed by atoms with Gasteiger partial charge in [0.25, 0.3) is 11.1 Å². The molecule has 1 fully saturated rings. The van der Waals surface area contributed by atoms with Crippen LogP contribution in [0, 0.1) is 11.7 Å². The van der Waals surface area contributed by atoms with Crippen molar-refractivity contribution in [1.29, 1.82) is 0 Å². The number of nitrogens with zero attached hydrogens (tertiary/aromatic N) is 1. The van der Waals surface area contributed by atoms with Crippen molar-refractivity contribution < 1.29 is 18.8 Å². The van der Waals surface area contributed by atoms with Gasteiger partial charge in [0.05, 0.1) is 4.91 Å². The van der Waals surface area contributed by atoms with Gasteiger partial charge in [-0.05, 0) is 42.0 Å². The molecule has 0 bridgehead atoms. The molecule has 3 amide bonds. The first-order valence-electron chi connectivity index (χ1n) is 8.21. The van der Waals surface area contributed by atoms with Crippen LogP contribution in [0.5, 0.6) is 0 Å². The van der Waals surface area contributed by atoms with Gasteiger partial charge in [0.15, 0.2) is 0 Å². The van der Waals surface area contributed by atoms with E-state index in [0.29, 0.717) is 10.5 Å². The van der Waals surface area contributed by atoms with Crippen molar-refractivity contribution in [1.82, 2.24) is 10.2 Å². The average molecular weight is 364 g/mol. The fourth-order valence-corrected chi connectivity index (χ4v) is 3.30. The summed E-state index contributed by atoms with van der Waals surface area (Å²) in [7, 11) is 0. The average Bonchev–Trinajstić information content (AvgIpc) is 2.84. The fraction of sp³-hybridized carbons (Fsp3) is 0.389. The minimum atomic E-state index is -0.393. The molecule has 0 saturated carbocycles. The SMILES string of the molecule is CCCC(C)C(=O)NCCN1C(=O)S/C(=C\c2ccc(F)cc2)C1=O. The maximum atomic E-state index is 12.9. The zero-order valence-corrected chi connectivity index (χ0v) is 15.1. The van der Waals surface area contributed by atoms with Crippen molar-refractivity contribution in [3.8, 4) is 0 Å². The molecule has 7 heteroatoms. The number of halogens is 1. The summed E-state index contributed by atoms with van der Waals surface area (Å²) in [5.41, 5.74) is 0.647. The van der Waals surface area contributed by atoms with Crippen LogP contribution in [0.25, 0.3) is 6.08 Å². The van der Waals surface area contributed by atoms with E-state index in [1.54, 1.807) is 18.2 Å². The summed E-state index contributed by atoms with van der Waals surface area (Å²) in [5.74, 6) is -0.914. The van der Waals surface area contributed by atoms with Gasteiger partial charge < -0.3 is 5.32 Å². The molecule has 1 heterocycles. The Bertz CT molecular complexity index is 688. The van der Waals surface area contributed by atoms with Crippen LogP contribution in [0.2, 0.25) is 0 Å². The Balaban J connectivity index is 1.92. The normalized spacial score (nSPS) is 17.2. The number of carbonyl (C=O) groups excluding carboxylic acids is 3. The van der Waals surface area contributed by atoms with Gasteiger partial charge in [-0.3, -0.25) is 19.3 Å². The van der Waals surface area contributed by atoms with Crippen molar-refractivity contribution in [3.05, 3.63) is 40.6 Å². The molecule has 134 valence electrons. The number of amides is 3. The molecule has 1 saturated heterocycles. The summed E-state index contributed by atoms with van der Waals surface area (Å²) in [4.78, 5) is 37.6. The summed E-state index contributed by atoms with van der Waals surface area (Å²) in [6, 6.07) is 5.67. The van der Waals surface area contributed by atoms with Gasteiger partial charge >= 0.3 is 0 Å². The van der Waals surface area contributed by atoms with Crippen LogP contribution in [0.3, 0.4) is 0 Å². The molecular formula is C18H21FN2O3S. The predicted molar refractivity (Wildman–Crippen MR) is 96.2 cm³/mol. The molecular weight excluding hydrogens is 343 g/mol. The zero-order chi connectivity index (χ0) is 18.4. The molecule has 0 radical (unpaired) electrons. The molecule has 5 nitrogen and oxygen atoms in total. The smallest absolute Gasteiger partial charge is 0.293 e. The van der Waals surface area contributed by atoms with Crippen molar-refractivity contribution >= 4 is 34.9 Å².